The number of nitrogens with zero attached hydrogens (tertiary/aromatic N) is 4. The Balaban J connectivity index is 1.37. The Kier molecular flexibility index (Phi) is 5.71. The monoisotopic (exact) mass is 372 g/mol. The van der Waals surface area contributed by atoms with E-state index in [9.17, 15) is 0 Å². The number of methoxy groups -OCH3 is 1. The van der Waals surface area contributed by atoms with Crippen LogP contribution in [0.4, 0.5) is 5.82 Å². The number of hydrogen-bond acceptors (Lipinski definition) is 7. The van der Waals surface area contributed by atoms with Crippen LogP contribution < -0.4 is 4.90 Å². The minimum atomic E-state index is 0.172. The molecule has 0 radical (unpaired) electrons. The second kappa shape index (κ2) is 8.37. The number of rotatable bonds is 6. The summed E-state index contributed by atoms with van der Waals surface area (Å²) >= 11 is 0. The highest BCUT2D eigenvalue weighted by Gasteiger charge is 2.34. The molecule has 0 aromatic carbocycles. The number of aryl methyl sites for hydroxylation is 1. The highest BCUT2D eigenvalue weighted by atomic mass is 16.5. The van der Waals surface area contributed by atoms with E-state index in [1.807, 2.05) is 19.2 Å². The highest BCUT2D eigenvalue weighted by Crippen LogP contribution is 2.27. The molecule has 2 fully saturated rings. The first-order valence-electron chi connectivity index (χ1n) is 9.66. The lowest BCUT2D eigenvalue weighted by Crippen LogP contribution is -2.35. The lowest BCUT2D eigenvalue weighted by Gasteiger charge is -2.26. The third kappa shape index (κ3) is 4.48. The van der Waals surface area contributed by atoms with Gasteiger partial charge >= 0.3 is 0 Å². The van der Waals surface area contributed by atoms with Gasteiger partial charge in [0.25, 0.3) is 0 Å². The molecule has 0 saturated carbocycles. The van der Waals surface area contributed by atoms with Gasteiger partial charge < -0.3 is 18.9 Å². The summed E-state index contributed by atoms with van der Waals surface area (Å²) in [6.45, 7) is 8.28. The van der Waals surface area contributed by atoms with Crippen LogP contribution in [0.1, 0.15) is 17.0 Å². The van der Waals surface area contributed by atoms with Crippen LogP contribution in [0.3, 0.4) is 0 Å². The second-order valence-corrected chi connectivity index (χ2v) is 7.49. The Bertz CT molecular complexity index is 727. The Morgan fingerprint density at radius 2 is 2.07 bits per heavy atom. The minimum absolute atomic E-state index is 0.172. The molecule has 0 N–H and O–H groups in total. The average Bonchev–Trinajstić information content (AvgIpc) is 3.29. The van der Waals surface area contributed by atoms with Crippen molar-refractivity contribution in [2.24, 2.45) is 5.92 Å². The maximum absolute atomic E-state index is 5.73. The highest BCUT2D eigenvalue weighted by molar-refractivity contribution is 5.41. The zero-order valence-electron chi connectivity index (χ0n) is 16.1. The molecule has 2 aliphatic rings. The first-order valence-corrected chi connectivity index (χ1v) is 9.66. The summed E-state index contributed by atoms with van der Waals surface area (Å²) < 4.78 is 16.5. The number of aromatic nitrogens is 2. The van der Waals surface area contributed by atoms with E-state index in [1.165, 1.54) is 5.56 Å². The van der Waals surface area contributed by atoms with Crippen LogP contribution in [-0.4, -0.2) is 67.6 Å². The smallest absolute Gasteiger partial charge is 0.137 e. The molecule has 2 saturated heterocycles. The van der Waals surface area contributed by atoms with Crippen LogP contribution in [0.5, 0.6) is 0 Å². The summed E-state index contributed by atoms with van der Waals surface area (Å²) in [5, 5.41) is 3.99. The summed E-state index contributed by atoms with van der Waals surface area (Å²) in [5.74, 6) is 2.31. The van der Waals surface area contributed by atoms with Crippen molar-refractivity contribution in [2.75, 3.05) is 51.4 Å². The Labute approximate surface area is 160 Å². The standard InChI is InChI=1S/C20H28N4O3/c1-15-9-18(27-22-15)10-17-13-24(14-19(17)25-2)20-4-3-16(11-21-20)12-23-5-7-26-8-6-23/h3-4,9,11,17,19H,5-8,10,12-14H2,1-2H3/t17-,19+/m1/s1. The van der Waals surface area contributed by atoms with Gasteiger partial charge in [-0.05, 0) is 18.6 Å². The molecule has 7 nitrogen and oxygen atoms in total. The minimum Gasteiger partial charge on any atom is -0.379 e. The largest absolute Gasteiger partial charge is 0.379 e. The van der Waals surface area contributed by atoms with Gasteiger partial charge in [-0.2, -0.15) is 0 Å². The van der Waals surface area contributed by atoms with Crippen LogP contribution in [0.25, 0.3) is 0 Å². The third-order valence-corrected chi connectivity index (χ3v) is 5.47. The van der Waals surface area contributed by atoms with Gasteiger partial charge in [0, 0.05) is 64.4 Å². The van der Waals surface area contributed by atoms with E-state index in [2.05, 4.69) is 27.1 Å². The zero-order chi connectivity index (χ0) is 18.6. The maximum Gasteiger partial charge on any atom is 0.137 e. The topological polar surface area (TPSA) is 63.9 Å². The Hall–Kier alpha value is -1.96. The van der Waals surface area contributed by atoms with Crippen molar-refractivity contribution in [3.8, 4) is 0 Å². The zero-order valence-corrected chi connectivity index (χ0v) is 16.1. The van der Waals surface area contributed by atoms with E-state index in [1.54, 1.807) is 7.11 Å². The van der Waals surface area contributed by atoms with Crippen LogP contribution >= 0.6 is 0 Å². The molecule has 0 spiro atoms. The van der Waals surface area contributed by atoms with Crippen LogP contribution in [0.2, 0.25) is 0 Å². The molecule has 4 rings (SSSR count). The predicted octanol–water partition coefficient (Wildman–Crippen LogP) is 1.90. The van der Waals surface area contributed by atoms with Crippen LogP contribution in [0.15, 0.2) is 28.9 Å². The SMILES string of the molecule is CO[C@H]1CN(c2ccc(CN3CCOCC3)cn2)C[C@H]1Cc1cc(C)no1. The normalized spacial score (nSPS) is 23.9. The Morgan fingerprint density at radius 3 is 2.74 bits per heavy atom. The van der Waals surface area contributed by atoms with Gasteiger partial charge in [-0.1, -0.05) is 11.2 Å². The van der Waals surface area contributed by atoms with Gasteiger partial charge in [-0.15, -0.1) is 0 Å². The molecule has 2 aliphatic heterocycles. The van der Waals surface area contributed by atoms with Crippen molar-refractivity contribution in [3.63, 3.8) is 0 Å². The van der Waals surface area contributed by atoms with E-state index in [0.717, 1.165) is 69.6 Å². The quantitative estimate of drug-likeness (QED) is 0.767. The predicted molar refractivity (Wildman–Crippen MR) is 102 cm³/mol. The molecule has 2 aromatic heterocycles. The first-order chi connectivity index (χ1) is 13.2. The van der Waals surface area contributed by atoms with Gasteiger partial charge in [0.05, 0.1) is 25.0 Å². The summed E-state index contributed by atoms with van der Waals surface area (Å²) in [6.07, 6.45) is 3.01. The fourth-order valence-corrected chi connectivity index (χ4v) is 3.98. The molecule has 7 heteroatoms. The number of pyridine rings is 1. The lowest BCUT2D eigenvalue weighted by atomic mass is 10.0. The number of ether oxygens (including phenoxy) is 2. The molecule has 0 bridgehead atoms. The van der Waals surface area contributed by atoms with Crippen LogP contribution in [0, 0.1) is 12.8 Å². The first kappa shape index (κ1) is 18.4. The van der Waals surface area contributed by atoms with Gasteiger partial charge in [-0.3, -0.25) is 4.90 Å². The van der Waals surface area contributed by atoms with E-state index in [0.29, 0.717) is 5.92 Å². The fraction of sp³-hybridized carbons (Fsp3) is 0.600. The van der Waals surface area contributed by atoms with Crippen molar-refractivity contribution in [2.45, 2.75) is 26.0 Å². The van der Waals surface area contributed by atoms with Gasteiger partial charge in [0.1, 0.15) is 11.6 Å². The van der Waals surface area contributed by atoms with Gasteiger partial charge in [0.2, 0.25) is 0 Å². The molecule has 0 aliphatic carbocycles. The summed E-state index contributed by atoms with van der Waals surface area (Å²) in [7, 11) is 1.78. The van der Waals surface area contributed by atoms with Crippen molar-refractivity contribution >= 4 is 5.82 Å². The van der Waals surface area contributed by atoms with Crippen molar-refractivity contribution in [3.05, 3.63) is 41.4 Å². The lowest BCUT2D eigenvalue weighted by molar-refractivity contribution is 0.0341. The van der Waals surface area contributed by atoms with Crippen LogP contribution in [-0.2, 0) is 22.4 Å². The molecule has 0 amide bonds. The maximum atomic E-state index is 5.73. The fourth-order valence-electron chi connectivity index (χ4n) is 3.98. The number of morpholine rings is 1. The molecule has 27 heavy (non-hydrogen) atoms. The molecule has 146 valence electrons. The molecule has 0 unspecified atom stereocenters. The van der Waals surface area contributed by atoms with Gasteiger partial charge in [0.15, 0.2) is 0 Å². The molecule has 2 aromatic rings. The van der Waals surface area contributed by atoms with Crippen molar-refractivity contribution in [1.29, 1.82) is 0 Å². The second-order valence-electron chi connectivity index (χ2n) is 7.49. The van der Waals surface area contributed by atoms with E-state index >= 15 is 0 Å². The van der Waals surface area contributed by atoms with E-state index < -0.39 is 0 Å². The molecular formula is C20H28N4O3. The summed E-state index contributed by atoms with van der Waals surface area (Å²) in [4.78, 5) is 9.43. The molecular weight excluding hydrogens is 344 g/mol. The summed E-state index contributed by atoms with van der Waals surface area (Å²) in [5.41, 5.74) is 2.17. The van der Waals surface area contributed by atoms with E-state index in [4.69, 9.17) is 19.0 Å². The van der Waals surface area contributed by atoms with Crippen molar-refractivity contribution < 1.29 is 14.0 Å². The van der Waals surface area contributed by atoms with Crippen molar-refractivity contribution in [1.82, 2.24) is 15.0 Å². The molecule has 4 heterocycles. The Morgan fingerprint density at radius 1 is 1.22 bits per heavy atom. The number of anilines is 1. The molecule has 2 atom stereocenters. The summed E-state index contributed by atoms with van der Waals surface area (Å²) in [6, 6.07) is 6.32. The van der Waals surface area contributed by atoms with E-state index in [-0.39, 0.29) is 6.10 Å². The average molecular weight is 372 g/mol. The number of hydrogen-bond donors (Lipinski definition) is 0. The third-order valence-electron chi connectivity index (χ3n) is 5.47. The van der Waals surface area contributed by atoms with Gasteiger partial charge in [-0.25, -0.2) is 4.98 Å².